The molecule has 0 fully saturated rings. The number of carbonyl (C=O) groups excluding carboxylic acids is 1. The summed E-state index contributed by atoms with van der Waals surface area (Å²) >= 11 is 0. The molecule has 0 bridgehead atoms. The number of esters is 1. The van der Waals surface area contributed by atoms with Crippen LogP contribution in [0.2, 0.25) is 0 Å². The van der Waals surface area contributed by atoms with E-state index in [0.29, 0.717) is 18.9 Å². The van der Waals surface area contributed by atoms with Crippen molar-refractivity contribution in [1.82, 2.24) is 0 Å². The fourth-order valence-electron chi connectivity index (χ4n) is 1.64. The van der Waals surface area contributed by atoms with Crippen molar-refractivity contribution >= 4 is 11.7 Å². The molecule has 4 nitrogen and oxygen atoms in total. The topological polar surface area (TPSA) is 61.5 Å². The van der Waals surface area contributed by atoms with Crippen molar-refractivity contribution in [3.63, 3.8) is 0 Å². The van der Waals surface area contributed by atoms with E-state index in [1.807, 2.05) is 19.1 Å². The number of carbonyl (C=O) groups is 1. The van der Waals surface area contributed by atoms with Gasteiger partial charge in [-0.25, -0.2) is 0 Å². The molecule has 1 aromatic rings. The summed E-state index contributed by atoms with van der Waals surface area (Å²) in [5.74, 6) is -0.552. The highest BCUT2D eigenvalue weighted by Crippen LogP contribution is 2.18. The Kier molecular flexibility index (Phi) is 6.97. The molecule has 2 N–H and O–H groups in total. The highest BCUT2D eigenvalue weighted by molar-refractivity contribution is 5.78. The normalized spacial score (nSPS) is 12.1. The van der Waals surface area contributed by atoms with Gasteiger partial charge in [-0.1, -0.05) is 25.5 Å². The zero-order valence-corrected chi connectivity index (χ0v) is 11.7. The third-order valence-electron chi connectivity index (χ3n) is 2.88. The molecule has 1 unspecified atom stereocenters. The minimum Gasteiger partial charge on any atom is -0.463 e. The number of unbranched alkanes of at least 4 members (excludes halogenated alkanes) is 1. The third-order valence-corrected chi connectivity index (χ3v) is 2.88. The monoisotopic (exact) mass is 265 g/mol. The van der Waals surface area contributed by atoms with Crippen molar-refractivity contribution in [3.8, 4) is 0 Å². The second-order valence-corrected chi connectivity index (χ2v) is 4.53. The van der Waals surface area contributed by atoms with Gasteiger partial charge >= 0.3 is 5.97 Å². The van der Waals surface area contributed by atoms with Crippen LogP contribution in [-0.2, 0) is 14.3 Å². The van der Waals surface area contributed by atoms with Gasteiger partial charge in [0.05, 0.1) is 12.5 Å². The minimum absolute atomic E-state index is 0.246. The number of benzene rings is 1. The molecule has 0 aromatic heterocycles. The van der Waals surface area contributed by atoms with Gasteiger partial charge in [0.1, 0.15) is 6.61 Å². The Balaban J connectivity index is 2.29. The van der Waals surface area contributed by atoms with Gasteiger partial charge in [-0.2, -0.15) is 0 Å². The van der Waals surface area contributed by atoms with E-state index in [4.69, 9.17) is 15.2 Å². The van der Waals surface area contributed by atoms with Crippen molar-refractivity contribution in [2.45, 2.75) is 32.6 Å². The van der Waals surface area contributed by atoms with E-state index in [1.54, 1.807) is 12.1 Å². The summed E-state index contributed by atoms with van der Waals surface area (Å²) in [6.07, 6.45) is 2.14. The predicted molar refractivity (Wildman–Crippen MR) is 76.0 cm³/mol. The van der Waals surface area contributed by atoms with E-state index in [0.717, 1.165) is 25.0 Å². The highest BCUT2D eigenvalue weighted by atomic mass is 16.6. The van der Waals surface area contributed by atoms with Crippen LogP contribution in [-0.4, -0.2) is 25.8 Å². The molecule has 1 atom stereocenters. The van der Waals surface area contributed by atoms with E-state index in [2.05, 4.69) is 6.92 Å². The van der Waals surface area contributed by atoms with Crippen molar-refractivity contribution in [2.24, 2.45) is 0 Å². The first-order valence-electron chi connectivity index (χ1n) is 6.75. The molecule has 0 aliphatic heterocycles. The highest BCUT2D eigenvalue weighted by Gasteiger charge is 2.16. The quantitative estimate of drug-likeness (QED) is 0.446. The van der Waals surface area contributed by atoms with Crippen LogP contribution in [0.1, 0.15) is 38.2 Å². The van der Waals surface area contributed by atoms with Gasteiger partial charge in [-0.05, 0) is 31.0 Å². The molecule has 0 aliphatic carbocycles. The Labute approximate surface area is 114 Å². The van der Waals surface area contributed by atoms with Gasteiger partial charge in [0, 0.05) is 12.3 Å². The van der Waals surface area contributed by atoms with Gasteiger partial charge in [0.15, 0.2) is 0 Å². The first kappa shape index (κ1) is 15.5. The molecule has 4 heteroatoms. The van der Waals surface area contributed by atoms with Gasteiger partial charge in [-0.3, -0.25) is 4.79 Å². The largest absolute Gasteiger partial charge is 0.463 e. The van der Waals surface area contributed by atoms with Gasteiger partial charge in [-0.15, -0.1) is 0 Å². The molecule has 0 amide bonds. The molecule has 0 aliphatic rings. The van der Waals surface area contributed by atoms with Crippen LogP contribution < -0.4 is 5.73 Å². The zero-order chi connectivity index (χ0) is 14.1. The Morgan fingerprint density at radius 1 is 1.32 bits per heavy atom. The molecule has 0 heterocycles. The summed E-state index contributed by atoms with van der Waals surface area (Å²) in [5, 5.41) is 0. The molecule has 0 spiro atoms. The SMILES string of the molecule is CCCCOCCOC(=O)C(C)c1cccc(N)c1. The van der Waals surface area contributed by atoms with Gasteiger partial charge < -0.3 is 15.2 Å². The van der Waals surface area contributed by atoms with E-state index in [9.17, 15) is 4.79 Å². The van der Waals surface area contributed by atoms with Crippen LogP contribution in [0, 0.1) is 0 Å². The summed E-state index contributed by atoms with van der Waals surface area (Å²) < 4.78 is 10.5. The Morgan fingerprint density at radius 3 is 2.79 bits per heavy atom. The molecular formula is C15H23NO3. The van der Waals surface area contributed by atoms with E-state index in [-0.39, 0.29) is 11.9 Å². The van der Waals surface area contributed by atoms with Gasteiger partial charge in [0.25, 0.3) is 0 Å². The number of hydrogen-bond donors (Lipinski definition) is 1. The number of rotatable bonds is 8. The van der Waals surface area contributed by atoms with Crippen molar-refractivity contribution in [3.05, 3.63) is 29.8 Å². The number of nitrogens with two attached hydrogens (primary N) is 1. The second kappa shape index (κ2) is 8.53. The lowest BCUT2D eigenvalue weighted by Crippen LogP contribution is -2.16. The molecule has 0 saturated carbocycles. The molecule has 19 heavy (non-hydrogen) atoms. The molecule has 1 aromatic carbocycles. The van der Waals surface area contributed by atoms with Gasteiger partial charge in [0.2, 0.25) is 0 Å². The minimum atomic E-state index is -0.306. The Bertz CT molecular complexity index is 393. The van der Waals surface area contributed by atoms with E-state index in [1.165, 1.54) is 0 Å². The first-order valence-corrected chi connectivity index (χ1v) is 6.75. The Morgan fingerprint density at radius 2 is 2.11 bits per heavy atom. The van der Waals surface area contributed by atoms with Crippen molar-refractivity contribution in [1.29, 1.82) is 0 Å². The van der Waals surface area contributed by atoms with E-state index < -0.39 is 0 Å². The summed E-state index contributed by atoms with van der Waals surface area (Å²) in [5.41, 5.74) is 7.22. The second-order valence-electron chi connectivity index (χ2n) is 4.53. The lowest BCUT2D eigenvalue weighted by atomic mass is 10.0. The number of anilines is 1. The summed E-state index contributed by atoms with van der Waals surface area (Å²) in [6, 6.07) is 7.30. The summed E-state index contributed by atoms with van der Waals surface area (Å²) in [7, 11) is 0. The van der Waals surface area contributed by atoms with Crippen LogP contribution >= 0.6 is 0 Å². The van der Waals surface area contributed by atoms with Crippen LogP contribution in [0.4, 0.5) is 5.69 Å². The fourth-order valence-corrected chi connectivity index (χ4v) is 1.64. The Hall–Kier alpha value is -1.55. The van der Waals surface area contributed by atoms with Crippen LogP contribution in [0.3, 0.4) is 0 Å². The van der Waals surface area contributed by atoms with Crippen LogP contribution in [0.25, 0.3) is 0 Å². The predicted octanol–water partition coefficient (Wildman–Crippen LogP) is 2.73. The zero-order valence-electron chi connectivity index (χ0n) is 11.7. The maximum atomic E-state index is 11.8. The lowest BCUT2D eigenvalue weighted by Gasteiger charge is -2.12. The van der Waals surface area contributed by atoms with Crippen molar-refractivity contribution in [2.75, 3.05) is 25.6 Å². The third kappa shape index (κ3) is 5.75. The molecular weight excluding hydrogens is 242 g/mol. The first-order chi connectivity index (χ1) is 9.15. The molecule has 0 radical (unpaired) electrons. The van der Waals surface area contributed by atoms with Crippen molar-refractivity contribution < 1.29 is 14.3 Å². The standard InChI is InChI=1S/C15H23NO3/c1-3-4-8-18-9-10-19-15(17)12(2)13-6-5-7-14(16)11-13/h5-7,11-12H,3-4,8-10,16H2,1-2H3. The number of nitrogen functional groups attached to an aromatic ring is 1. The summed E-state index contributed by atoms with van der Waals surface area (Å²) in [4.78, 5) is 11.8. The average Bonchev–Trinajstić information content (AvgIpc) is 2.41. The molecule has 0 saturated heterocycles. The smallest absolute Gasteiger partial charge is 0.313 e. The van der Waals surface area contributed by atoms with E-state index >= 15 is 0 Å². The number of ether oxygens (including phenoxy) is 2. The average molecular weight is 265 g/mol. The molecule has 1 rings (SSSR count). The van der Waals surface area contributed by atoms with Crippen LogP contribution in [0.15, 0.2) is 24.3 Å². The summed E-state index contributed by atoms with van der Waals surface area (Å²) in [6.45, 7) is 5.40. The lowest BCUT2D eigenvalue weighted by molar-refractivity contribution is -0.146. The maximum Gasteiger partial charge on any atom is 0.313 e. The molecule has 106 valence electrons. The maximum absolute atomic E-state index is 11.8. The van der Waals surface area contributed by atoms with Crippen LogP contribution in [0.5, 0.6) is 0 Å². The fraction of sp³-hybridized carbons (Fsp3) is 0.533. The number of hydrogen-bond acceptors (Lipinski definition) is 4.